The second kappa shape index (κ2) is 4.93. The molecule has 0 saturated heterocycles. The fourth-order valence-corrected chi connectivity index (χ4v) is 6.59. The molecule has 120 valence electrons. The first-order valence-electron chi connectivity index (χ1n) is 8.69. The van der Waals surface area contributed by atoms with E-state index in [2.05, 4.69) is 64.1 Å². The average molecular weight is 349 g/mol. The molecule has 2 aromatic heterocycles. The molecule has 0 aliphatic heterocycles. The van der Waals surface area contributed by atoms with E-state index in [9.17, 15) is 0 Å². The third-order valence-corrected chi connectivity index (χ3v) is 7.98. The fourth-order valence-electron chi connectivity index (χ4n) is 4.10. The van der Waals surface area contributed by atoms with Crippen molar-refractivity contribution < 1.29 is 0 Å². The van der Waals surface area contributed by atoms with E-state index in [0.717, 1.165) is 0 Å². The number of hydrogen-bond donors (Lipinski definition) is 0. The number of thiophene rings is 2. The van der Waals surface area contributed by atoms with Crippen molar-refractivity contribution in [2.24, 2.45) is 0 Å². The van der Waals surface area contributed by atoms with Crippen molar-refractivity contribution >= 4 is 64.4 Å². The summed E-state index contributed by atoms with van der Waals surface area (Å²) in [7, 11) is 0. The SMILES string of the molecule is CC(C)c1sc2cccc3c4c(C(C)C)sc5cccc(c1c23)c54. The second-order valence-electron chi connectivity index (χ2n) is 7.35. The zero-order valence-corrected chi connectivity index (χ0v) is 16.1. The molecule has 24 heavy (non-hydrogen) atoms. The summed E-state index contributed by atoms with van der Waals surface area (Å²) in [6.07, 6.45) is 0. The smallest absolute Gasteiger partial charge is 0.0358 e. The molecule has 0 amide bonds. The van der Waals surface area contributed by atoms with Crippen LogP contribution < -0.4 is 0 Å². The van der Waals surface area contributed by atoms with Crippen LogP contribution in [0.1, 0.15) is 49.3 Å². The minimum absolute atomic E-state index is 0.560. The molecule has 0 atom stereocenters. The molecule has 0 radical (unpaired) electrons. The third-order valence-electron chi connectivity index (χ3n) is 5.07. The van der Waals surface area contributed by atoms with E-state index in [0.29, 0.717) is 11.8 Å². The summed E-state index contributed by atoms with van der Waals surface area (Å²) in [5.74, 6) is 1.12. The molecule has 5 rings (SSSR count). The molecule has 0 saturated carbocycles. The minimum atomic E-state index is 0.560. The highest BCUT2D eigenvalue weighted by atomic mass is 32.1. The Hall–Kier alpha value is -1.64. The second-order valence-corrected chi connectivity index (χ2v) is 9.52. The zero-order valence-electron chi connectivity index (χ0n) is 14.4. The maximum atomic E-state index is 2.34. The van der Waals surface area contributed by atoms with Crippen LogP contribution in [0, 0.1) is 0 Å². The van der Waals surface area contributed by atoms with E-state index in [4.69, 9.17) is 0 Å². The van der Waals surface area contributed by atoms with E-state index >= 15 is 0 Å². The first-order chi connectivity index (χ1) is 11.6. The lowest BCUT2D eigenvalue weighted by Gasteiger charge is -2.11. The van der Waals surface area contributed by atoms with Crippen molar-refractivity contribution in [2.45, 2.75) is 39.5 Å². The van der Waals surface area contributed by atoms with Crippen LogP contribution in [0.3, 0.4) is 0 Å². The topological polar surface area (TPSA) is 0 Å². The van der Waals surface area contributed by atoms with Gasteiger partial charge >= 0.3 is 0 Å². The highest BCUT2D eigenvalue weighted by molar-refractivity contribution is 7.21. The lowest BCUT2D eigenvalue weighted by Crippen LogP contribution is -1.87. The lowest BCUT2D eigenvalue weighted by atomic mass is 9.91. The predicted molar refractivity (Wildman–Crippen MR) is 112 cm³/mol. The maximum Gasteiger partial charge on any atom is 0.0358 e. The molecule has 0 aliphatic carbocycles. The Morgan fingerprint density at radius 3 is 1.38 bits per heavy atom. The van der Waals surface area contributed by atoms with E-state index in [1.807, 2.05) is 22.7 Å². The normalized spacial score (nSPS) is 12.9. The minimum Gasteiger partial charge on any atom is -0.139 e. The van der Waals surface area contributed by atoms with Crippen LogP contribution >= 0.6 is 22.7 Å². The summed E-state index contributed by atoms with van der Waals surface area (Å²) in [5, 5.41) is 8.91. The van der Waals surface area contributed by atoms with Gasteiger partial charge in [0.2, 0.25) is 0 Å². The van der Waals surface area contributed by atoms with Gasteiger partial charge in [0.05, 0.1) is 0 Å². The van der Waals surface area contributed by atoms with Crippen LogP contribution in [-0.4, -0.2) is 0 Å². The summed E-state index contributed by atoms with van der Waals surface area (Å²) in [5.41, 5.74) is 0. The number of rotatable bonds is 2. The number of benzene rings is 3. The van der Waals surface area contributed by atoms with Gasteiger partial charge in [0, 0.05) is 40.7 Å². The van der Waals surface area contributed by atoms with Crippen molar-refractivity contribution in [3.63, 3.8) is 0 Å². The van der Waals surface area contributed by atoms with E-state index in [1.54, 1.807) is 0 Å². The van der Waals surface area contributed by atoms with Crippen molar-refractivity contribution in [3.05, 3.63) is 46.2 Å². The van der Waals surface area contributed by atoms with Crippen LogP contribution in [0.5, 0.6) is 0 Å². The first kappa shape index (κ1) is 14.7. The lowest BCUT2D eigenvalue weighted by molar-refractivity contribution is 0.897. The summed E-state index contributed by atoms with van der Waals surface area (Å²) >= 11 is 3.97. The summed E-state index contributed by atoms with van der Waals surface area (Å²) in [4.78, 5) is 3.07. The van der Waals surface area contributed by atoms with Gasteiger partial charge in [-0.15, -0.1) is 22.7 Å². The molecule has 0 nitrogen and oxygen atoms in total. The third kappa shape index (κ3) is 1.73. The van der Waals surface area contributed by atoms with Crippen LogP contribution in [0.4, 0.5) is 0 Å². The van der Waals surface area contributed by atoms with Crippen molar-refractivity contribution in [2.75, 3.05) is 0 Å². The van der Waals surface area contributed by atoms with Gasteiger partial charge in [-0.3, -0.25) is 0 Å². The highest BCUT2D eigenvalue weighted by Gasteiger charge is 2.23. The zero-order chi connectivity index (χ0) is 16.6. The molecule has 0 spiro atoms. The molecule has 5 aromatic rings. The quantitative estimate of drug-likeness (QED) is 0.283. The Morgan fingerprint density at radius 1 is 0.583 bits per heavy atom. The molecule has 0 bridgehead atoms. The van der Waals surface area contributed by atoms with Crippen LogP contribution in [0.25, 0.3) is 41.7 Å². The van der Waals surface area contributed by atoms with E-state index in [1.165, 1.54) is 51.5 Å². The van der Waals surface area contributed by atoms with Crippen molar-refractivity contribution in [1.29, 1.82) is 0 Å². The van der Waals surface area contributed by atoms with E-state index < -0.39 is 0 Å². The van der Waals surface area contributed by atoms with Crippen molar-refractivity contribution in [3.8, 4) is 0 Å². The Bertz CT molecular complexity index is 1100. The van der Waals surface area contributed by atoms with Crippen LogP contribution in [0.2, 0.25) is 0 Å². The predicted octanol–water partition coefficient (Wildman–Crippen LogP) is 8.11. The summed E-state index contributed by atoms with van der Waals surface area (Å²) in [6, 6.07) is 13.8. The van der Waals surface area contributed by atoms with Gasteiger partial charge in [0.1, 0.15) is 0 Å². The van der Waals surface area contributed by atoms with Gasteiger partial charge in [-0.05, 0) is 34.7 Å². The van der Waals surface area contributed by atoms with Gasteiger partial charge in [-0.25, -0.2) is 0 Å². The van der Waals surface area contributed by atoms with Crippen molar-refractivity contribution in [1.82, 2.24) is 0 Å². The van der Waals surface area contributed by atoms with Gasteiger partial charge in [-0.1, -0.05) is 52.0 Å². The molecule has 3 aromatic carbocycles. The number of fused-ring (bicyclic) bond motifs is 2. The molecular weight excluding hydrogens is 328 g/mol. The van der Waals surface area contributed by atoms with E-state index in [-0.39, 0.29) is 0 Å². The maximum absolute atomic E-state index is 2.34. The standard InChI is InChI=1S/C22H20S2/c1-11(2)21-19-13-7-5-10-16-18(13)20(22(24-16)12(3)4)14-8-6-9-15(23-21)17(14)19/h5-12H,1-4H3. The molecule has 2 heteroatoms. The molecular formula is C22H20S2. The highest BCUT2D eigenvalue weighted by Crippen LogP contribution is 2.51. The van der Waals surface area contributed by atoms with Gasteiger partial charge in [0.25, 0.3) is 0 Å². The Kier molecular flexibility index (Phi) is 3.02. The van der Waals surface area contributed by atoms with Gasteiger partial charge in [0.15, 0.2) is 0 Å². The summed E-state index contributed by atoms with van der Waals surface area (Å²) in [6.45, 7) is 9.29. The molecule has 0 N–H and O–H groups in total. The Morgan fingerprint density at radius 2 is 1.00 bits per heavy atom. The molecule has 0 fully saturated rings. The number of hydrogen-bond acceptors (Lipinski definition) is 2. The van der Waals surface area contributed by atoms with Crippen LogP contribution in [0.15, 0.2) is 36.4 Å². The van der Waals surface area contributed by atoms with Crippen LogP contribution in [-0.2, 0) is 0 Å². The molecule has 0 unspecified atom stereocenters. The molecule has 0 aliphatic rings. The first-order valence-corrected chi connectivity index (χ1v) is 10.3. The molecule has 2 heterocycles. The Labute approximate surface area is 150 Å². The van der Waals surface area contributed by atoms with Gasteiger partial charge in [-0.2, -0.15) is 0 Å². The fraction of sp³-hybridized carbons (Fsp3) is 0.273. The average Bonchev–Trinajstić information content (AvgIpc) is 3.13. The monoisotopic (exact) mass is 348 g/mol. The Balaban J connectivity index is 2.19. The largest absolute Gasteiger partial charge is 0.139 e. The van der Waals surface area contributed by atoms with Gasteiger partial charge < -0.3 is 0 Å². The summed E-state index contributed by atoms with van der Waals surface area (Å²) < 4.78 is 2.88.